The number of carbonyl (C=O) groups excluding carboxylic acids is 1. The van der Waals surface area contributed by atoms with Crippen LogP contribution in [0.25, 0.3) is 0 Å². The highest BCUT2D eigenvalue weighted by Crippen LogP contribution is 2.25. The van der Waals surface area contributed by atoms with Gasteiger partial charge in [-0.1, -0.05) is 12.1 Å². The van der Waals surface area contributed by atoms with Crippen LogP contribution < -0.4 is 10.1 Å². The minimum Gasteiger partial charge on any atom is -0.486 e. The normalized spacial score (nSPS) is 9.80. The maximum atomic E-state index is 11.3. The molecule has 0 aliphatic rings. The standard InChI is InChI=1S/C12H14N2O6/c15-11(13-7-5-12(16)17)6-8-20-10-4-2-1-3-9(10)14(18)19/h1-4H,5-8H2,(H,13,15)(H,16,17). The largest absolute Gasteiger partial charge is 0.486 e. The van der Waals surface area contributed by atoms with E-state index < -0.39 is 10.9 Å². The van der Waals surface area contributed by atoms with Crippen molar-refractivity contribution in [2.45, 2.75) is 12.8 Å². The van der Waals surface area contributed by atoms with Gasteiger partial charge in [0.15, 0.2) is 5.75 Å². The van der Waals surface area contributed by atoms with Crippen molar-refractivity contribution < 1.29 is 24.4 Å². The lowest BCUT2D eigenvalue weighted by molar-refractivity contribution is -0.385. The highest BCUT2D eigenvalue weighted by molar-refractivity contribution is 5.76. The number of carboxylic acid groups (broad SMARTS) is 1. The Balaban J connectivity index is 2.35. The first kappa shape index (κ1) is 15.4. The molecule has 0 atom stereocenters. The summed E-state index contributed by atoms with van der Waals surface area (Å²) in [5.41, 5.74) is -0.168. The highest BCUT2D eigenvalue weighted by atomic mass is 16.6. The van der Waals surface area contributed by atoms with E-state index >= 15 is 0 Å². The quantitative estimate of drug-likeness (QED) is 0.541. The minimum atomic E-state index is -0.999. The van der Waals surface area contributed by atoms with Crippen LogP contribution in [0.1, 0.15) is 12.8 Å². The molecule has 0 aliphatic carbocycles. The third kappa shape index (κ3) is 5.34. The van der Waals surface area contributed by atoms with Crippen molar-refractivity contribution in [3.63, 3.8) is 0 Å². The Kier molecular flexibility index (Phi) is 5.95. The number of nitro groups is 1. The van der Waals surface area contributed by atoms with Crippen molar-refractivity contribution in [1.29, 1.82) is 0 Å². The average molecular weight is 282 g/mol. The number of rotatable bonds is 8. The van der Waals surface area contributed by atoms with Gasteiger partial charge in [-0.25, -0.2) is 0 Å². The Morgan fingerprint density at radius 2 is 2.00 bits per heavy atom. The van der Waals surface area contributed by atoms with E-state index in [1.165, 1.54) is 18.2 Å². The van der Waals surface area contributed by atoms with E-state index in [9.17, 15) is 19.7 Å². The average Bonchev–Trinajstić information content (AvgIpc) is 2.38. The number of nitrogens with one attached hydrogen (secondary N) is 1. The lowest BCUT2D eigenvalue weighted by Gasteiger charge is -2.06. The fourth-order valence-electron chi connectivity index (χ4n) is 1.38. The first-order valence-corrected chi connectivity index (χ1v) is 5.85. The van der Waals surface area contributed by atoms with Gasteiger partial charge in [0.25, 0.3) is 0 Å². The number of ether oxygens (including phenoxy) is 1. The summed E-state index contributed by atoms with van der Waals surface area (Å²) < 4.78 is 5.18. The van der Waals surface area contributed by atoms with Crippen molar-refractivity contribution in [2.75, 3.05) is 13.2 Å². The Bertz CT molecular complexity index is 502. The fraction of sp³-hybridized carbons (Fsp3) is 0.333. The van der Waals surface area contributed by atoms with E-state index in [-0.39, 0.29) is 43.3 Å². The summed E-state index contributed by atoms with van der Waals surface area (Å²) in [6, 6.07) is 5.86. The maximum absolute atomic E-state index is 11.3. The van der Waals surface area contributed by atoms with Crippen LogP contribution in [0.4, 0.5) is 5.69 Å². The fourth-order valence-corrected chi connectivity index (χ4v) is 1.38. The first-order valence-electron chi connectivity index (χ1n) is 5.85. The molecule has 1 aromatic rings. The van der Waals surface area contributed by atoms with Crippen LogP contribution in [0.15, 0.2) is 24.3 Å². The number of hydrogen-bond acceptors (Lipinski definition) is 5. The number of carboxylic acids is 1. The third-order valence-electron chi connectivity index (χ3n) is 2.31. The minimum absolute atomic E-state index is 0.00827. The molecule has 0 heterocycles. The van der Waals surface area contributed by atoms with Gasteiger partial charge in [-0.15, -0.1) is 0 Å². The second kappa shape index (κ2) is 7.72. The highest BCUT2D eigenvalue weighted by Gasteiger charge is 2.13. The van der Waals surface area contributed by atoms with Crippen LogP contribution in [-0.2, 0) is 9.59 Å². The van der Waals surface area contributed by atoms with Crippen molar-refractivity contribution in [1.82, 2.24) is 5.32 Å². The van der Waals surface area contributed by atoms with Crippen LogP contribution >= 0.6 is 0 Å². The van der Waals surface area contributed by atoms with E-state index in [1.807, 2.05) is 0 Å². The van der Waals surface area contributed by atoms with Gasteiger partial charge in [0.1, 0.15) is 0 Å². The van der Waals surface area contributed by atoms with Gasteiger partial charge in [-0.05, 0) is 6.07 Å². The Morgan fingerprint density at radius 1 is 1.30 bits per heavy atom. The molecule has 20 heavy (non-hydrogen) atoms. The monoisotopic (exact) mass is 282 g/mol. The number of amides is 1. The maximum Gasteiger partial charge on any atom is 0.310 e. The molecule has 0 radical (unpaired) electrons. The summed E-state index contributed by atoms with van der Waals surface area (Å²) in [7, 11) is 0. The predicted octanol–water partition coefficient (Wildman–Crippen LogP) is 0.955. The summed E-state index contributed by atoms with van der Waals surface area (Å²) >= 11 is 0. The second-order valence-electron chi connectivity index (χ2n) is 3.82. The van der Waals surface area contributed by atoms with E-state index in [1.54, 1.807) is 6.07 Å². The lowest BCUT2D eigenvalue weighted by Crippen LogP contribution is -2.27. The van der Waals surface area contributed by atoms with Crippen molar-refractivity contribution >= 4 is 17.6 Å². The lowest BCUT2D eigenvalue weighted by atomic mass is 10.3. The molecule has 8 nitrogen and oxygen atoms in total. The zero-order chi connectivity index (χ0) is 15.0. The molecule has 0 bridgehead atoms. The molecule has 1 aromatic carbocycles. The van der Waals surface area contributed by atoms with Gasteiger partial charge >= 0.3 is 11.7 Å². The third-order valence-corrected chi connectivity index (χ3v) is 2.31. The number of nitro benzene ring substituents is 1. The number of nitrogens with zero attached hydrogens (tertiary/aromatic N) is 1. The summed E-state index contributed by atoms with van der Waals surface area (Å²) in [5.74, 6) is -1.28. The predicted molar refractivity (Wildman–Crippen MR) is 68.5 cm³/mol. The van der Waals surface area contributed by atoms with Crippen LogP contribution in [-0.4, -0.2) is 35.1 Å². The Hall–Kier alpha value is -2.64. The van der Waals surface area contributed by atoms with Gasteiger partial charge in [0, 0.05) is 12.6 Å². The molecule has 0 fully saturated rings. The summed E-state index contributed by atoms with van der Waals surface area (Å²) in [5, 5.41) is 21.5. The van der Waals surface area contributed by atoms with Crippen molar-refractivity contribution in [3.05, 3.63) is 34.4 Å². The van der Waals surface area contributed by atoms with E-state index in [0.717, 1.165) is 0 Å². The molecular formula is C12H14N2O6. The molecule has 0 aromatic heterocycles. The van der Waals surface area contributed by atoms with E-state index in [0.29, 0.717) is 0 Å². The zero-order valence-corrected chi connectivity index (χ0v) is 10.6. The zero-order valence-electron chi connectivity index (χ0n) is 10.6. The molecule has 8 heteroatoms. The molecule has 0 spiro atoms. The Morgan fingerprint density at radius 3 is 2.65 bits per heavy atom. The van der Waals surface area contributed by atoms with Crippen LogP contribution in [0, 0.1) is 10.1 Å². The molecular weight excluding hydrogens is 268 g/mol. The molecule has 2 N–H and O–H groups in total. The van der Waals surface area contributed by atoms with Gasteiger partial charge in [-0.2, -0.15) is 0 Å². The first-order chi connectivity index (χ1) is 9.50. The number of benzene rings is 1. The molecule has 0 aliphatic heterocycles. The molecule has 0 unspecified atom stereocenters. The van der Waals surface area contributed by atoms with E-state index in [4.69, 9.17) is 9.84 Å². The molecule has 0 saturated heterocycles. The molecule has 0 saturated carbocycles. The van der Waals surface area contributed by atoms with Gasteiger partial charge in [-0.3, -0.25) is 19.7 Å². The Labute approximate surface area is 114 Å². The number of aliphatic carboxylic acids is 1. The number of carbonyl (C=O) groups is 2. The second-order valence-corrected chi connectivity index (χ2v) is 3.82. The summed E-state index contributed by atoms with van der Waals surface area (Å²) in [6.07, 6.45) is -0.164. The molecule has 108 valence electrons. The van der Waals surface area contributed by atoms with Crippen LogP contribution in [0.2, 0.25) is 0 Å². The van der Waals surface area contributed by atoms with Gasteiger partial charge in [0.2, 0.25) is 5.91 Å². The van der Waals surface area contributed by atoms with Crippen LogP contribution in [0.3, 0.4) is 0 Å². The smallest absolute Gasteiger partial charge is 0.310 e. The van der Waals surface area contributed by atoms with Crippen molar-refractivity contribution in [3.8, 4) is 5.75 Å². The molecule has 1 rings (SSSR count). The molecule has 1 amide bonds. The van der Waals surface area contributed by atoms with E-state index in [2.05, 4.69) is 5.32 Å². The van der Waals surface area contributed by atoms with Crippen LogP contribution in [0.5, 0.6) is 5.75 Å². The number of para-hydroxylation sites is 2. The topological polar surface area (TPSA) is 119 Å². The summed E-state index contributed by atoms with van der Waals surface area (Å²) in [6.45, 7) is 0.0173. The number of hydrogen-bond donors (Lipinski definition) is 2. The SMILES string of the molecule is O=C(O)CCNC(=O)CCOc1ccccc1[N+](=O)[O-]. The van der Waals surface area contributed by atoms with Gasteiger partial charge < -0.3 is 15.2 Å². The van der Waals surface area contributed by atoms with Gasteiger partial charge in [0.05, 0.1) is 24.4 Å². The van der Waals surface area contributed by atoms with Crippen molar-refractivity contribution in [2.24, 2.45) is 0 Å². The summed E-state index contributed by atoms with van der Waals surface area (Å²) in [4.78, 5) is 31.7.